The molecule has 0 aliphatic carbocycles. The van der Waals surface area contributed by atoms with Gasteiger partial charge in [-0.3, -0.25) is 10.3 Å². The van der Waals surface area contributed by atoms with Gasteiger partial charge in [-0.25, -0.2) is 9.78 Å². The second-order valence-electron chi connectivity index (χ2n) is 3.65. The second-order valence-corrected chi connectivity index (χ2v) is 4.46. The molecule has 0 radical (unpaired) electrons. The van der Waals surface area contributed by atoms with E-state index >= 15 is 0 Å². The van der Waals surface area contributed by atoms with Gasteiger partial charge < -0.3 is 5.32 Å². The van der Waals surface area contributed by atoms with Gasteiger partial charge in [-0.1, -0.05) is 23.2 Å². The number of anilines is 1. The monoisotopic (exact) mass is 296 g/mol. The van der Waals surface area contributed by atoms with Crippen LogP contribution < -0.4 is 10.6 Å². The van der Waals surface area contributed by atoms with Gasteiger partial charge in [0.1, 0.15) is 5.82 Å². The van der Waals surface area contributed by atoms with Gasteiger partial charge in [0.2, 0.25) is 0 Å². The predicted octanol–water partition coefficient (Wildman–Crippen LogP) is 3.11. The molecule has 98 valence electrons. The lowest BCUT2D eigenvalue weighted by atomic mass is 10.3. The van der Waals surface area contributed by atoms with Crippen LogP contribution in [0, 0.1) is 0 Å². The van der Waals surface area contributed by atoms with E-state index in [1.54, 1.807) is 12.4 Å². The van der Waals surface area contributed by atoms with Crippen molar-refractivity contribution in [3.8, 4) is 0 Å². The number of rotatable bonds is 3. The Morgan fingerprint density at radius 3 is 2.63 bits per heavy atom. The number of nitrogens with zero attached hydrogens (tertiary/aromatic N) is 2. The fourth-order valence-corrected chi connectivity index (χ4v) is 1.58. The highest BCUT2D eigenvalue weighted by Gasteiger charge is 2.05. The Kier molecular flexibility index (Phi) is 4.54. The fourth-order valence-electron chi connectivity index (χ4n) is 1.33. The molecule has 2 amide bonds. The summed E-state index contributed by atoms with van der Waals surface area (Å²) in [4.78, 5) is 19.5. The Morgan fingerprint density at radius 2 is 1.95 bits per heavy atom. The highest BCUT2D eigenvalue weighted by atomic mass is 35.5. The molecule has 0 saturated heterocycles. The molecule has 0 atom stereocenters. The molecular formula is C12H10Cl2N4O. The van der Waals surface area contributed by atoms with Crippen molar-refractivity contribution < 1.29 is 4.79 Å². The normalized spacial score (nSPS) is 10.0. The predicted molar refractivity (Wildman–Crippen MR) is 74.4 cm³/mol. The minimum absolute atomic E-state index is 0.334. The number of carbonyl (C=O) groups is 1. The molecule has 2 aromatic rings. The second kappa shape index (κ2) is 6.36. The Hall–Kier alpha value is -1.85. The number of halogens is 2. The van der Waals surface area contributed by atoms with Crippen LogP contribution in [0.25, 0.3) is 0 Å². The van der Waals surface area contributed by atoms with Crippen LogP contribution in [0.3, 0.4) is 0 Å². The van der Waals surface area contributed by atoms with Crippen LogP contribution in [0.4, 0.5) is 10.6 Å². The molecule has 2 N–H and O–H groups in total. The van der Waals surface area contributed by atoms with Gasteiger partial charge >= 0.3 is 6.03 Å². The van der Waals surface area contributed by atoms with Gasteiger partial charge in [-0.15, -0.1) is 0 Å². The average molecular weight is 297 g/mol. The molecule has 7 heteroatoms. The van der Waals surface area contributed by atoms with Gasteiger partial charge in [0.25, 0.3) is 0 Å². The molecule has 0 bridgehead atoms. The molecule has 0 saturated carbocycles. The van der Waals surface area contributed by atoms with Crippen molar-refractivity contribution in [1.82, 2.24) is 15.3 Å². The van der Waals surface area contributed by atoms with Crippen LogP contribution in [0.15, 0.2) is 36.8 Å². The molecule has 0 aliphatic rings. The van der Waals surface area contributed by atoms with E-state index in [1.165, 1.54) is 12.3 Å². The molecule has 2 heterocycles. The lowest BCUT2D eigenvalue weighted by Gasteiger charge is -2.07. The number of nitrogens with one attached hydrogen (secondary N) is 2. The van der Waals surface area contributed by atoms with E-state index in [-0.39, 0.29) is 6.03 Å². The number of urea groups is 1. The lowest BCUT2D eigenvalue weighted by Crippen LogP contribution is -2.28. The van der Waals surface area contributed by atoms with Crippen molar-refractivity contribution >= 4 is 35.1 Å². The maximum Gasteiger partial charge on any atom is 0.320 e. The summed E-state index contributed by atoms with van der Waals surface area (Å²) in [5.74, 6) is 0.335. The lowest BCUT2D eigenvalue weighted by molar-refractivity contribution is 0.251. The van der Waals surface area contributed by atoms with Gasteiger partial charge in [0, 0.05) is 31.2 Å². The van der Waals surface area contributed by atoms with Crippen molar-refractivity contribution in [2.75, 3.05) is 5.32 Å². The van der Waals surface area contributed by atoms with Gasteiger partial charge in [-0.05, 0) is 17.7 Å². The smallest absolute Gasteiger partial charge is 0.320 e. The molecule has 19 heavy (non-hydrogen) atoms. The van der Waals surface area contributed by atoms with Crippen LogP contribution in [0.5, 0.6) is 0 Å². The van der Waals surface area contributed by atoms with Crippen LogP contribution >= 0.6 is 23.2 Å². The van der Waals surface area contributed by atoms with E-state index < -0.39 is 0 Å². The summed E-state index contributed by atoms with van der Waals surface area (Å²) in [5.41, 5.74) is 0.951. The Bertz CT molecular complexity index is 577. The highest BCUT2D eigenvalue weighted by molar-refractivity contribution is 6.42. The van der Waals surface area contributed by atoms with E-state index in [1.807, 2.05) is 12.1 Å². The highest BCUT2D eigenvalue weighted by Crippen LogP contribution is 2.22. The Morgan fingerprint density at radius 1 is 1.21 bits per heavy atom. The van der Waals surface area contributed by atoms with Crippen molar-refractivity contribution in [2.45, 2.75) is 6.54 Å². The minimum atomic E-state index is -0.372. The van der Waals surface area contributed by atoms with Crippen molar-refractivity contribution in [3.63, 3.8) is 0 Å². The summed E-state index contributed by atoms with van der Waals surface area (Å²) < 4.78 is 0. The fraction of sp³-hybridized carbons (Fsp3) is 0.0833. The number of hydrogen-bond donors (Lipinski definition) is 2. The molecule has 0 unspecified atom stereocenters. The summed E-state index contributed by atoms with van der Waals surface area (Å²) in [6.07, 6.45) is 4.70. The molecule has 2 rings (SSSR count). The number of aromatic nitrogens is 2. The van der Waals surface area contributed by atoms with Crippen molar-refractivity contribution in [3.05, 3.63) is 52.4 Å². The maximum atomic E-state index is 11.6. The SMILES string of the molecule is O=C(NCc1ccncc1)Nc1cc(Cl)c(Cl)cn1. The zero-order valence-corrected chi connectivity index (χ0v) is 11.2. The first kappa shape index (κ1) is 13.6. The van der Waals surface area contributed by atoms with E-state index in [9.17, 15) is 4.79 Å². The summed E-state index contributed by atoms with van der Waals surface area (Å²) in [5, 5.41) is 5.92. The van der Waals surface area contributed by atoms with E-state index in [0.29, 0.717) is 22.4 Å². The Balaban J connectivity index is 1.89. The van der Waals surface area contributed by atoms with Crippen LogP contribution in [0.1, 0.15) is 5.56 Å². The van der Waals surface area contributed by atoms with Gasteiger partial charge in [0.15, 0.2) is 0 Å². The van der Waals surface area contributed by atoms with E-state index in [2.05, 4.69) is 20.6 Å². The quantitative estimate of drug-likeness (QED) is 0.914. The number of amides is 2. The molecule has 0 fully saturated rings. The van der Waals surface area contributed by atoms with Gasteiger partial charge in [-0.2, -0.15) is 0 Å². The van der Waals surface area contributed by atoms with Crippen molar-refractivity contribution in [2.24, 2.45) is 0 Å². The zero-order valence-electron chi connectivity index (χ0n) is 9.73. The number of carbonyl (C=O) groups excluding carboxylic acids is 1. The zero-order chi connectivity index (χ0) is 13.7. The molecular weight excluding hydrogens is 287 g/mol. The number of pyridine rings is 2. The van der Waals surface area contributed by atoms with Crippen LogP contribution in [0.2, 0.25) is 10.0 Å². The Labute approximate surface area is 120 Å². The summed E-state index contributed by atoms with van der Waals surface area (Å²) in [6.45, 7) is 0.398. The number of hydrogen-bond acceptors (Lipinski definition) is 3. The maximum absolute atomic E-state index is 11.6. The molecule has 2 aromatic heterocycles. The van der Waals surface area contributed by atoms with Crippen molar-refractivity contribution in [1.29, 1.82) is 0 Å². The van der Waals surface area contributed by atoms with Crippen LogP contribution in [-0.2, 0) is 6.54 Å². The summed E-state index contributed by atoms with van der Waals surface area (Å²) in [6, 6.07) is 4.74. The summed E-state index contributed by atoms with van der Waals surface area (Å²) in [7, 11) is 0. The first-order valence-electron chi connectivity index (χ1n) is 5.40. The third kappa shape index (κ3) is 4.08. The van der Waals surface area contributed by atoms with Crippen LogP contribution in [-0.4, -0.2) is 16.0 Å². The average Bonchev–Trinajstić information content (AvgIpc) is 2.42. The van der Waals surface area contributed by atoms with Gasteiger partial charge in [0.05, 0.1) is 10.0 Å². The van der Waals surface area contributed by atoms with E-state index in [4.69, 9.17) is 23.2 Å². The standard InChI is InChI=1S/C12H10Cl2N4O/c13-9-5-11(16-7-10(9)14)18-12(19)17-6-8-1-3-15-4-2-8/h1-5,7H,6H2,(H2,16,17,18,19). The first-order chi connectivity index (χ1) is 9.15. The minimum Gasteiger partial charge on any atom is -0.334 e. The topological polar surface area (TPSA) is 66.9 Å². The third-order valence-electron chi connectivity index (χ3n) is 2.25. The molecule has 0 aliphatic heterocycles. The summed E-state index contributed by atoms with van der Waals surface area (Å²) >= 11 is 11.5. The third-order valence-corrected chi connectivity index (χ3v) is 2.96. The molecule has 0 spiro atoms. The molecule has 0 aromatic carbocycles. The largest absolute Gasteiger partial charge is 0.334 e. The molecule has 5 nitrogen and oxygen atoms in total. The first-order valence-corrected chi connectivity index (χ1v) is 6.15. The van der Waals surface area contributed by atoms with E-state index in [0.717, 1.165) is 5.56 Å².